The van der Waals surface area contributed by atoms with Gasteiger partial charge in [-0.05, 0) is 57.4 Å². The van der Waals surface area contributed by atoms with Gasteiger partial charge in [-0.15, -0.1) is 0 Å². The highest BCUT2D eigenvalue weighted by Crippen LogP contribution is 2.38. The summed E-state index contributed by atoms with van der Waals surface area (Å²) < 4.78 is 11.8. The van der Waals surface area contributed by atoms with Crippen molar-refractivity contribution in [2.75, 3.05) is 26.4 Å². The Balaban J connectivity index is 1.28. The SMILES string of the molecule is C1CCC2(CC1)CC(NCCCOCC1CC1)CCO2. The molecule has 0 radical (unpaired) electrons. The molecule has 3 aliphatic rings. The van der Waals surface area contributed by atoms with Crippen LogP contribution in [0.2, 0.25) is 0 Å². The Kier molecular flexibility index (Phi) is 5.36. The van der Waals surface area contributed by atoms with Gasteiger partial charge < -0.3 is 14.8 Å². The van der Waals surface area contributed by atoms with Crippen LogP contribution in [0.15, 0.2) is 0 Å². The van der Waals surface area contributed by atoms with Gasteiger partial charge >= 0.3 is 0 Å². The summed E-state index contributed by atoms with van der Waals surface area (Å²) in [6, 6.07) is 0.672. The normalized spacial score (nSPS) is 29.7. The zero-order chi connectivity index (χ0) is 13.7. The van der Waals surface area contributed by atoms with Crippen molar-refractivity contribution in [3.63, 3.8) is 0 Å². The molecule has 3 nitrogen and oxygen atoms in total. The van der Waals surface area contributed by atoms with Crippen molar-refractivity contribution in [2.24, 2.45) is 5.92 Å². The van der Waals surface area contributed by atoms with Crippen molar-refractivity contribution in [3.8, 4) is 0 Å². The monoisotopic (exact) mass is 281 g/mol. The Morgan fingerprint density at radius 1 is 1.10 bits per heavy atom. The lowest BCUT2D eigenvalue weighted by molar-refractivity contribution is -0.109. The van der Waals surface area contributed by atoms with Crippen molar-refractivity contribution >= 4 is 0 Å². The highest BCUT2D eigenvalue weighted by atomic mass is 16.5. The highest BCUT2D eigenvalue weighted by Gasteiger charge is 2.38. The Morgan fingerprint density at radius 3 is 2.75 bits per heavy atom. The molecule has 3 rings (SSSR count). The Hall–Kier alpha value is -0.120. The number of ether oxygens (including phenoxy) is 2. The maximum atomic E-state index is 6.15. The maximum Gasteiger partial charge on any atom is 0.0697 e. The molecule has 3 fully saturated rings. The quantitative estimate of drug-likeness (QED) is 0.727. The first-order chi connectivity index (χ1) is 9.86. The molecule has 20 heavy (non-hydrogen) atoms. The smallest absolute Gasteiger partial charge is 0.0697 e. The Morgan fingerprint density at radius 2 is 1.95 bits per heavy atom. The second kappa shape index (κ2) is 7.24. The summed E-state index contributed by atoms with van der Waals surface area (Å²) in [5.74, 6) is 0.893. The van der Waals surface area contributed by atoms with Gasteiger partial charge in [-0.25, -0.2) is 0 Å². The van der Waals surface area contributed by atoms with Crippen LogP contribution in [0.4, 0.5) is 0 Å². The van der Waals surface area contributed by atoms with Gasteiger partial charge in [0.2, 0.25) is 0 Å². The van der Waals surface area contributed by atoms with Crippen LogP contribution in [0.25, 0.3) is 0 Å². The zero-order valence-corrected chi connectivity index (χ0v) is 12.9. The molecular weight excluding hydrogens is 250 g/mol. The van der Waals surface area contributed by atoms with E-state index >= 15 is 0 Å². The van der Waals surface area contributed by atoms with Gasteiger partial charge in [-0.3, -0.25) is 0 Å². The molecule has 1 heterocycles. The lowest BCUT2D eigenvalue weighted by atomic mass is 9.78. The molecule has 1 N–H and O–H groups in total. The van der Waals surface area contributed by atoms with E-state index in [1.54, 1.807) is 0 Å². The topological polar surface area (TPSA) is 30.5 Å². The van der Waals surface area contributed by atoms with E-state index in [0.717, 1.165) is 38.7 Å². The van der Waals surface area contributed by atoms with Crippen LogP contribution >= 0.6 is 0 Å². The van der Waals surface area contributed by atoms with Crippen LogP contribution < -0.4 is 5.32 Å². The second-order valence-electron chi connectivity index (χ2n) is 7.11. The van der Waals surface area contributed by atoms with Crippen LogP contribution in [-0.4, -0.2) is 38.0 Å². The minimum atomic E-state index is 0.233. The van der Waals surface area contributed by atoms with Crippen molar-refractivity contribution < 1.29 is 9.47 Å². The Bertz CT molecular complexity index is 279. The van der Waals surface area contributed by atoms with Crippen LogP contribution in [0, 0.1) is 5.92 Å². The number of nitrogens with one attached hydrogen (secondary N) is 1. The van der Waals surface area contributed by atoms with E-state index in [1.807, 2.05) is 0 Å². The van der Waals surface area contributed by atoms with Crippen molar-refractivity contribution in [1.82, 2.24) is 5.32 Å². The number of rotatable bonds is 7. The number of hydrogen-bond donors (Lipinski definition) is 1. The lowest BCUT2D eigenvalue weighted by Crippen LogP contribution is -2.48. The largest absolute Gasteiger partial charge is 0.381 e. The summed E-state index contributed by atoms with van der Waals surface area (Å²) in [6.45, 7) is 3.99. The zero-order valence-electron chi connectivity index (χ0n) is 12.9. The second-order valence-corrected chi connectivity index (χ2v) is 7.11. The van der Waals surface area contributed by atoms with E-state index in [-0.39, 0.29) is 5.60 Å². The van der Waals surface area contributed by atoms with Gasteiger partial charge in [-0.2, -0.15) is 0 Å². The molecule has 1 atom stereocenters. The average molecular weight is 281 g/mol. The Labute approximate surface area is 123 Å². The molecule has 0 aromatic carbocycles. The van der Waals surface area contributed by atoms with Crippen LogP contribution in [0.5, 0.6) is 0 Å². The summed E-state index contributed by atoms with van der Waals surface area (Å²) in [5, 5.41) is 3.74. The molecule has 0 bridgehead atoms. The van der Waals surface area contributed by atoms with Crippen molar-refractivity contribution in [2.45, 2.75) is 75.9 Å². The molecule has 1 unspecified atom stereocenters. The fraction of sp³-hybridized carbons (Fsp3) is 1.00. The van der Waals surface area contributed by atoms with Crippen LogP contribution in [0.1, 0.15) is 64.2 Å². The van der Waals surface area contributed by atoms with E-state index in [1.165, 1.54) is 57.8 Å². The molecule has 2 saturated carbocycles. The summed E-state index contributed by atoms with van der Waals surface area (Å²) in [5.41, 5.74) is 0.233. The predicted octanol–water partition coefficient (Wildman–Crippen LogP) is 3.27. The standard InChI is InChI=1S/C17H31NO2/c1-2-8-17(9-3-1)13-16(7-12-20-17)18-10-4-11-19-14-15-5-6-15/h15-16,18H,1-14H2. The molecule has 0 aromatic rings. The summed E-state index contributed by atoms with van der Waals surface area (Å²) in [4.78, 5) is 0. The van der Waals surface area contributed by atoms with Gasteiger partial charge in [0.05, 0.1) is 5.60 Å². The van der Waals surface area contributed by atoms with E-state index in [2.05, 4.69) is 5.32 Å². The van der Waals surface area contributed by atoms with Crippen LogP contribution in [0.3, 0.4) is 0 Å². The van der Waals surface area contributed by atoms with Gasteiger partial charge in [0.1, 0.15) is 0 Å². The highest BCUT2D eigenvalue weighted by molar-refractivity contribution is 4.91. The molecule has 1 spiro atoms. The first kappa shape index (κ1) is 14.8. The molecular formula is C17H31NO2. The van der Waals surface area contributed by atoms with Gasteiger partial charge in [-0.1, -0.05) is 19.3 Å². The third kappa shape index (κ3) is 4.44. The van der Waals surface area contributed by atoms with E-state index < -0.39 is 0 Å². The molecule has 3 heteroatoms. The first-order valence-corrected chi connectivity index (χ1v) is 8.81. The summed E-state index contributed by atoms with van der Waals surface area (Å²) in [7, 11) is 0. The van der Waals surface area contributed by atoms with Gasteiger partial charge in [0.25, 0.3) is 0 Å². The molecule has 0 aromatic heterocycles. The third-order valence-electron chi connectivity index (χ3n) is 5.21. The molecule has 116 valence electrons. The molecule has 1 saturated heterocycles. The molecule has 0 amide bonds. The fourth-order valence-electron chi connectivity index (χ4n) is 3.76. The third-order valence-corrected chi connectivity index (χ3v) is 5.21. The van der Waals surface area contributed by atoms with Crippen molar-refractivity contribution in [3.05, 3.63) is 0 Å². The van der Waals surface area contributed by atoms with Gasteiger partial charge in [0, 0.05) is 25.9 Å². The minimum Gasteiger partial charge on any atom is -0.381 e. The predicted molar refractivity (Wildman–Crippen MR) is 81.0 cm³/mol. The average Bonchev–Trinajstić information content (AvgIpc) is 3.28. The minimum absolute atomic E-state index is 0.233. The number of hydrogen-bond acceptors (Lipinski definition) is 3. The van der Waals surface area contributed by atoms with Crippen LogP contribution in [-0.2, 0) is 9.47 Å². The maximum absolute atomic E-state index is 6.15. The van der Waals surface area contributed by atoms with E-state index in [4.69, 9.17) is 9.47 Å². The molecule has 2 aliphatic carbocycles. The van der Waals surface area contributed by atoms with E-state index in [9.17, 15) is 0 Å². The molecule has 1 aliphatic heterocycles. The van der Waals surface area contributed by atoms with E-state index in [0.29, 0.717) is 6.04 Å². The fourth-order valence-corrected chi connectivity index (χ4v) is 3.76. The van der Waals surface area contributed by atoms with Crippen molar-refractivity contribution in [1.29, 1.82) is 0 Å². The lowest BCUT2D eigenvalue weighted by Gasteiger charge is -2.43. The van der Waals surface area contributed by atoms with Gasteiger partial charge in [0.15, 0.2) is 0 Å². The summed E-state index contributed by atoms with van der Waals surface area (Å²) >= 11 is 0. The summed E-state index contributed by atoms with van der Waals surface area (Å²) in [6.07, 6.45) is 13.1. The first-order valence-electron chi connectivity index (χ1n) is 8.81.